The Morgan fingerprint density at radius 1 is 1.28 bits per heavy atom. The molecule has 0 radical (unpaired) electrons. The molecule has 1 aliphatic rings. The van der Waals surface area contributed by atoms with Crippen molar-refractivity contribution in [3.8, 4) is 5.75 Å². The number of aliphatic hydroxyl groups excluding tert-OH is 1. The number of amides is 2. The van der Waals surface area contributed by atoms with Crippen molar-refractivity contribution in [2.24, 2.45) is 5.92 Å². The summed E-state index contributed by atoms with van der Waals surface area (Å²) in [5, 5.41) is 14.3. The van der Waals surface area contributed by atoms with Gasteiger partial charge < -0.3 is 25.0 Å². The summed E-state index contributed by atoms with van der Waals surface area (Å²) < 4.78 is 6.75. The summed E-state index contributed by atoms with van der Waals surface area (Å²) in [4.78, 5) is 37.6. The Kier molecular flexibility index (Phi) is 6.33. The topological polar surface area (TPSA) is 110 Å². The molecule has 2 aromatic rings. The van der Waals surface area contributed by atoms with E-state index in [1.165, 1.54) is 23.9 Å². The normalized spacial score (nSPS) is 17.5. The number of rotatable bonds is 8. The number of nitrogens with zero attached hydrogens (tertiary/aromatic N) is 1. The molecule has 2 amide bonds. The van der Waals surface area contributed by atoms with Crippen LogP contribution in [0.5, 0.6) is 5.75 Å². The van der Waals surface area contributed by atoms with E-state index in [-0.39, 0.29) is 42.8 Å². The number of pyridine rings is 1. The van der Waals surface area contributed by atoms with Gasteiger partial charge in [-0.1, -0.05) is 19.1 Å². The Hall–Kier alpha value is -3.13. The van der Waals surface area contributed by atoms with Crippen LogP contribution in [0.25, 0.3) is 0 Å². The van der Waals surface area contributed by atoms with E-state index < -0.39 is 11.5 Å². The minimum absolute atomic E-state index is 0.0864. The number of carbonyl (C=O) groups is 2. The van der Waals surface area contributed by atoms with Gasteiger partial charge in [0.2, 0.25) is 0 Å². The van der Waals surface area contributed by atoms with Crippen molar-refractivity contribution in [3.05, 3.63) is 63.6 Å². The molecule has 1 aromatic heterocycles. The van der Waals surface area contributed by atoms with Crippen LogP contribution in [0.4, 0.5) is 0 Å². The highest BCUT2D eigenvalue weighted by atomic mass is 16.5. The van der Waals surface area contributed by atoms with E-state index in [2.05, 4.69) is 10.6 Å². The third-order valence-electron chi connectivity index (χ3n) is 4.86. The van der Waals surface area contributed by atoms with E-state index in [0.29, 0.717) is 11.7 Å². The zero-order valence-corrected chi connectivity index (χ0v) is 16.5. The van der Waals surface area contributed by atoms with E-state index in [1.807, 2.05) is 13.0 Å². The molecule has 8 nitrogen and oxygen atoms in total. The van der Waals surface area contributed by atoms with Crippen LogP contribution in [0.2, 0.25) is 0 Å². The number of aliphatic hydroxyl groups is 1. The third-order valence-corrected chi connectivity index (χ3v) is 4.86. The van der Waals surface area contributed by atoms with Gasteiger partial charge in [-0.05, 0) is 36.1 Å². The number of carbonyl (C=O) groups excluding carboxylic acids is 2. The lowest BCUT2D eigenvalue weighted by molar-refractivity contribution is 0.0948. The monoisotopic (exact) mass is 399 g/mol. The molecular weight excluding hydrogens is 374 g/mol. The molecule has 1 heterocycles. The van der Waals surface area contributed by atoms with Crippen LogP contribution in [0.1, 0.15) is 39.6 Å². The molecule has 1 saturated carbocycles. The molecule has 1 aromatic carbocycles. The van der Waals surface area contributed by atoms with Crippen molar-refractivity contribution in [1.82, 2.24) is 15.2 Å². The smallest absolute Gasteiger partial charge is 0.263 e. The fourth-order valence-corrected chi connectivity index (χ4v) is 3.04. The summed E-state index contributed by atoms with van der Waals surface area (Å²) >= 11 is 0. The molecule has 0 aliphatic heterocycles. The summed E-state index contributed by atoms with van der Waals surface area (Å²) in [5.74, 6) is 0.147. The van der Waals surface area contributed by atoms with Crippen molar-refractivity contribution >= 4 is 11.8 Å². The Morgan fingerprint density at radius 2 is 2.03 bits per heavy atom. The van der Waals surface area contributed by atoms with Crippen LogP contribution in [0, 0.1) is 5.92 Å². The van der Waals surface area contributed by atoms with Gasteiger partial charge in [0.15, 0.2) is 0 Å². The van der Waals surface area contributed by atoms with E-state index in [9.17, 15) is 14.4 Å². The fraction of sp³-hybridized carbons (Fsp3) is 0.381. The van der Waals surface area contributed by atoms with E-state index >= 15 is 0 Å². The summed E-state index contributed by atoms with van der Waals surface area (Å²) in [5.41, 5.74) is 0.452. The van der Waals surface area contributed by atoms with Gasteiger partial charge in [-0.25, -0.2) is 0 Å². The van der Waals surface area contributed by atoms with E-state index in [1.54, 1.807) is 18.2 Å². The van der Waals surface area contributed by atoms with Crippen LogP contribution in [0.3, 0.4) is 0 Å². The second-order valence-corrected chi connectivity index (χ2v) is 7.17. The zero-order chi connectivity index (χ0) is 21.0. The number of hydrogen-bond donors (Lipinski definition) is 3. The maximum absolute atomic E-state index is 12.8. The lowest BCUT2D eigenvalue weighted by Crippen LogP contribution is -2.34. The molecule has 2 unspecified atom stereocenters. The molecule has 29 heavy (non-hydrogen) atoms. The van der Waals surface area contributed by atoms with Crippen molar-refractivity contribution < 1.29 is 19.4 Å². The highest BCUT2D eigenvalue weighted by Crippen LogP contribution is 2.29. The van der Waals surface area contributed by atoms with Gasteiger partial charge in [0.05, 0.1) is 18.7 Å². The first-order valence-electron chi connectivity index (χ1n) is 9.53. The van der Waals surface area contributed by atoms with Crippen LogP contribution in [0.15, 0.2) is 41.3 Å². The van der Waals surface area contributed by atoms with E-state index in [4.69, 9.17) is 9.84 Å². The molecule has 3 N–H and O–H groups in total. The van der Waals surface area contributed by atoms with Gasteiger partial charge in [0.1, 0.15) is 17.9 Å². The van der Waals surface area contributed by atoms with Crippen LogP contribution in [-0.4, -0.2) is 47.8 Å². The van der Waals surface area contributed by atoms with Crippen LogP contribution < -0.4 is 20.9 Å². The Bertz CT molecular complexity index is 969. The summed E-state index contributed by atoms with van der Waals surface area (Å²) in [6.07, 6.45) is 2.40. The Labute approximate surface area is 168 Å². The van der Waals surface area contributed by atoms with E-state index in [0.717, 1.165) is 12.0 Å². The maximum atomic E-state index is 12.8. The highest BCUT2D eigenvalue weighted by Gasteiger charge is 2.34. The van der Waals surface area contributed by atoms with Gasteiger partial charge in [-0.2, -0.15) is 0 Å². The minimum atomic E-state index is -0.543. The minimum Gasteiger partial charge on any atom is -0.491 e. The highest BCUT2D eigenvalue weighted by molar-refractivity contribution is 5.99. The molecule has 0 bridgehead atoms. The molecule has 3 rings (SSSR count). The van der Waals surface area contributed by atoms with Gasteiger partial charge in [0, 0.05) is 19.3 Å². The SMILES string of the molecule is CNC(=O)c1cc(C(=O)NC2CC2C)cn(Cc2cccc(OCCO)c2)c1=O. The Morgan fingerprint density at radius 3 is 2.69 bits per heavy atom. The molecule has 154 valence electrons. The van der Waals surface area contributed by atoms with Gasteiger partial charge in [0.25, 0.3) is 17.4 Å². The molecule has 2 atom stereocenters. The maximum Gasteiger partial charge on any atom is 0.263 e. The average molecular weight is 399 g/mol. The molecule has 1 aliphatic carbocycles. The first-order chi connectivity index (χ1) is 13.9. The summed E-state index contributed by atoms with van der Waals surface area (Å²) in [6, 6.07) is 8.56. The van der Waals surface area contributed by atoms with Gasteiger partial charge in [-0.15, -0.1) is 0 Å². The number of benzene rings is 1. The lowest BCUT2D eigenvalue weighted by atomic mass is 10.1. The average Bonchev–Trinajstić information content (AvgIpc) is 3.41. The van der Waals surface area contributed by atoms with Crippen LogP contribution in [-0.2, 0) is 6.54 Å². The third kappa shape index (κ3) is 5.03. The number of nitrogens with one attached hydrogen (secondary N) is 2. The summed E-state index contributed by atoms with van der Waals surface area (Å²) in [6.45, 7) is 2.28. The molecule has 1 fully saturated rings. The van der Waals surface area contributed by atoms with Crippen molar-refractivity contribution in [1.29, 1.82) is 0 Å². The number of aromatic nitrogens is 1. The molecule has 8 heteroatoms. The summed E-state index contributed by atoms with van der Waals surface area (Å²) in [7, 11) is 1.44. The number of ether oxygens (including phenoxy) is 1. The van der Waals surface area contributed by atoms with Crippen molar-refractivity contribution in [2.75, 3.05) is 20.3 Å². The first kappa shape index (κ1) is 20.6. The quantitative estimate of drug-likeness (QED) is 0.607. The molecule has 0 spiro atoms. The van der Waals surface area contributed by atoms with Crippen molar-refractivity contribution in [3.63, 3.8) is 0 Å². The second kappa shape index (κ2) is 8.91. The number of hydrogen-bond acceptors (Lipinski definition) is 5. The fourth-order valence-electron chi connectivity index (χ4n) is 3.04. The predicted octanol–water partition coefficient (Wildman–Crippen LogP) is 0.765. The molecule has 0 saturated heterocycles. The lowest BCUT2D eigenvalue weighted by Gasteiger charge is -2.13. The molecular formula is C21H25N3O5. The predicted molar refractivity (Wildman–Crippen MR) is 107 cm³/mol. The zero-order valence-electron chi connectivity index (χ0n) is 16.5. The van der Waals surface area contributed by atoms with Crippen molar-refractivity contribution in [2.45, 2.75) is 25.9 Å². The van der Waals surface area contributed by atoms with Crippen LogP contribution >= 0.6 is 0 Å². The van der Waals surface area contributed by atoms with Gasteiger partial charge in [-0.3, -0.25) is 14.4 Å². The van der Waals surface area contributed by atoms with Gasteiger partial charge >= 0.3 is 0 Å². The standard InChI is InChI=1S/C21H25N3O5/c1-13-8-18(13)23-19(26)15-10-17(20(27)22-2)21(28)24(12-15)11-14-4-3-5-16(9-14)29-7-6-25/h3-5,9-10,12-13,18,25H,6-8,11H2,1-2H3,(H,22,27)(H,23,26). The largest absolute Gasteiger partial charge is 0.491 e. The second-order valence-electron chi connectivity index (χ2n) is 7.17. The first-order valence-corrected chi connectivity index (χ1v) is 9.53. The Balaban J connectivity index is 1.92.